The standard InChI is InChI=1S/C27H40O3/c1-17-13-20(24(29)22(15-17)26(3,4)5)19(11-9-10-12-28)21-14-18(2)16-23(25(21)30)27(6,7)8/h13-16,19,28-30H,9-12H2,1-8H3. The van der Waals surface area contributed by atoms with Gasteiger partial charge in [-0.2, -0.15) is 0 Å². The zero-order valence-corrected chi connectivity index (χ0v) is 20.1. The van der Waals surface area contributed by atoms with Crippen molar-refractivity contribution in [3.05, 3.63) is 57.6 Å². The molecule has 0 radical (unpaired) electrons. The lowest BCUT2D eigenvalue weighted by atomic mass is 9.77. The molecule has 2 rings (SSSR count). The van der Waals surface area contributed by atoms with Gasteiger partial charge in [-0.05, 0) is 48.6 Å². The van der Waals surface area contributed by atoms with Gasteiger partial charge in [-0.1, -0.05) is 83.4 Å². The van der Waals surface area contributed by atoms with Crippen molar-refractivity contribution in [3.63, 3.8) is 0 Å². The van der Waals surface area contributed by atoms with Gasteiger partial charge in [0.1, 0.15) is 11.5 Å². The molecule has 166 valence electrons. The highest BCUT2D eigenvalue weighted by molar-refractivity contribution is 5.56. The van der Waals surface area contributed by atoms with Crippen molar-refractivity contribution in [3.8, 4) is 11.5 Å². The molecule has 0 aliphatic rings. The fraction of sp³-hybridized carbons (Fsp3) is 0.556. The number of rotatable bonds is 6. The van der Waals surface area contributed by atoms with E-state index < -0.39 is 0 Å². The number of benzene rings is 2. The number of hydrogen-bond acceptors (Lipinski definition) is 3. The predicted molar refractivity (Wildman–Crippen MR) is 126 cm³/mol. The number of aromatic hydroxyl groups is 2. The first-order valence-corrected chi connectivity index (χ1v) is 11.1. The second kappa shape index (κ2) is 9.01. The maximum Gasteiger partial charge on any atom is 0.123 e. The van der Waals surface area contributed by atoms with E-state index in [9.17, 15) is 15.3 Å². The van der Waals surface area contributed by atoms with Crippen LogP contribution in [0.4, 0.5) is 0 Å². The number of aliphatic hydroxyl groups excluding tert-OH is 1. The molecule has 3 nitrogen and oxygen atoms in total. The van der Waals surface area contributed by atoms with Crippen LogP contribution in [-0.2, 0) is 10.8 Å². The topological polar surface area (TPSA) is 60.7 Å². The van der Waals surface area contributed by atoms with E-state index in [1.165, 1.54) is 0 Å². The zero-order chi connectivity index (χ0) is 22.9. The van der Waals surface area contributed by atoms with E-state index in [2.05, 4.69) is 67.5 Å². The predicted octanol–water partition coefficient (Wildman–Crippen LogP) is 6.60. The summed E-state index contributed by atoms with van der Waals surface area (Å²) in [7, 11) is 0. The van der Waals surface area contributed by atoms with Crippen LogP contribution < -0.4 is 0 Å². The molecule has 3 heteroatoms. The largest absolute Gasteiger partial charge is 0.507 e. The van der Waals surface area contributed by atoms with E-state index in [1.807, 2.05) is 12.1 Å². The Balaban J connectivity index is 2.76. The van der Waals surface area contributed by atoms with Crippen LogP contribution in [-0.4, -0.2) is 21.9 Å². The molecule has 0 saturated carbocycles. The Morgan fingerprint density at radius 1 is 0.700 bits per heavy atom. The summed E-state index contributed by atoms with van der Waals surface area (Å²) in [6.45, 7) is 16.9. The normalized spacial score (nSPS) is 12.6. The van der Waals surface area contributed by atoms with Crippen molar-refractivity contribution in [1.82, 2.24) is 0 Å². The maximum absolute atomic E-state index is 11.3. The van der Waals surface area contributed by atoms with E-state index in [-0.39, 0.29) is 23.4 Å². The minimum absolute atomic E-state index is 0.140. The van der Waals surface area contributed by atoms with E-state index in [0.29, 0.717) is 17.9 Å². The number of aliphatic hydroxyl groups is 1. The molecule has 30 heavy (non-hydrogen) atoms. The van der Waals surface area contributed by atoms with Crippen molar-refractivity contribution < 1.29 is 15.3 Å². The van der Waals surface area contributed by atoms with Crippen LogP contribution >= 0.6 is 0 Å². The maximum atomic E-state index is 11.3. The molecule has 0 aromatic heterocycles. The number of unbranched alkanes of at least 4 members (excludes halogenated alkanes) is 1. The monoisotopic (exact) mass is 412 g/mol. The molecule has 0 aliphatic heterocycles. The molecule has 0 amide bonds. The highest BCUT2D eigenvalue weighted by Crippen LogP contribution is 2.46. The summed E-state index contributed by atoms with van der Waals surface area (Å²) in [6, 6.07) is 8.21. The summed E-state index contributed by atoms with van der Waals surface area (Å²) in [5.41, 5.74) is 5.39. The Kier molecular flexibility index (Phi) is 7.29. The van der Waals surface area contributed by atoms with Crippen molar-refractivity contribution in [2.24, 2.45) is 0 Å². The van der Waals surface area contributed by atoms with E-state index in [1.54, 1.807) is 0 Å². The van der Waals surface area contributed by atoms with Gasteiger partial charge in [-0.3, -0.25) is 0 Å². The SMILES string of the molecule is Cc1cc(C(CCCCO)c2cc(C)cc(C(C)(C)C)c2O)c(O)c(C(C)(C)C)c1. The number of phenols is 2. The van der Waals surface area contributed by atoms with Crippen molar-refractivity contribution in [1.29, 1.82) is 0 Å². The van der Waals surface area contributed by atoms with Gasteiger partial charge in [0, 0.05) is 23.7 Å². The molecule has 0 aliphatic carbocycles. The van der Waals surface area contributed by atoms with E-state index in [4.69, 9.17) is 0 Å². The molecule has 0 bridgehead atoms. The summed E-state index contributed by atoms with van der Waals surface area (Å²) in [5.74, 6) is 0.499. The Labute approximate surface area is 182 Å². The van der Waals surface area contributed by atoms with Gasteiger partial charge in [-0.15, -0.1) is 0 Å². The molecule has 0 saturated heterocycles. The number of phenolic OH excluding ortho intramolecular Hbond substituents is 2. The first kappa shape index (κ1) is 24.3. The Morgan fingerprint density at radius 3 is 1.43 bits per heavy atom. The molecule has 2 aromatic carbocycles. The minimum Gasteiger partial charge on any atom is -0.507 e. The van der Waals surface area contributed by atoms with Crippen LogP contribution in [0.3, 0.4) is 0 Å². The van der Waals surface area contributed by atoms with Crippen LogP contribution in [0.25, 0.3) is 0 Å². The number of aryl methyl sites for hydroxylation is 2. The van der Waals surface area contributed by atoms with E-state index >= 15 is 0 Å². The lowest BCUT2D eigenvalue weighted by molar-refractivity contribution is 0.282. The van der Waals surface area contributed by atoms with Crippen LogP contribution in [0.2, 0.25) is 0 Å². The fourth-order valence-corrected chi connectivity index (χ4v) is 4.23. The third kappa shape index (κ3) is 5.37. The molecule has 0 spiro atoms. The van der Waals surface area contributed by atoms with Crippen LogP contribution in [0, 0.1) is 13.8 Å². The summed E-state index contributed by atoms with van der Waals surface area (Å²) in [5, 5.41) is 31.9. The molecular formula is C27H40O3. The molecule has 0 unspecified atom stereocenters. The van der Waals surface area contributed by atoms with Gasteiger partial charge in [0.05, 0.1) is 0 Å². The van der Waals surface area contributed by atoms with Crippen molar-refractivity contribution >= 4 is 0 Å². The second-order valence-electron chi connectivity index (χ2n) is 10.8. The lowest BCUT2D eigenvalue weighted by Crippen LogP contribution is -2.16. The Morgan fingerprint density at radius 2 is 1.10 bits per heavy atom. The summed E-state index contributed by atoms with van der Waals surface area (Å²) in [4.78, 5) is 0. The van der Waals surface area contributed by atoms with Gasteiger partial charge in [-0.25, -0.2) is 0 Å². The van der Waals surface area contributed by atoms with Crippen LogP contribution in [0.15, 0.2) is 24.3 Å². The lowest BCUT2D eigenvalue weighted by Gasteiger charge is -2.29. The highest BCUT2D eigenvalue weighted by atomic mass is 16.3. The van der Waals surface area contributed by atoms with Crippen LogP contribution in [0.1, 0.15) is 100 Å². The third-order valence-electron chi connectivity index (χ3n) is 5.84. The van der Waals surface area contributed by atoms with Crippen LogP contribution in [0.5, 0.6) is 11.5 Å². The summed E-state index contributed by atoms with van der Waals surface area (Å²) < 4.78 is 0. The summed E-state index contributed by atoms with van der Waals surface area (Å²) in [6.07, 6.45) is 2.27. The smallest absolute Gasteiger partial charge is 0.123 e. The number of hydrogen-bond donors (Lipinski definition) is 3. The first-order chi connectivity index (χ1) is 13.8. The Bertz CT molecular complexity index is 813. The fourth-order valence-electron chi connectivity index (χ4n) is 4.23. The molecular weight excluding hydrogens is 372 g/mol. The average Bonchev–Trinajstić information content (AvgIpc) is 2.61. The van der Waals surface area contributed by atoms with Gasteiger partial charge in [0.2, 0.25) is 0 Å². The first-order valence-electron chi connectivity index (χ1n) is 11.1. The van der Waals surface area contributed by atoms with Crippen molar-refractivity contribution in [2.75, 3.05) is 6.61 Å². The highest BCUT2D eigenvalue weighted by Gasteiger charge is 2.29. The van der Waals surface area contributed by atoms with Gasteiger partial charge in [0.15, 0.2) is 0 Å². The zero-order valence-electron chi connectivity index (χ0n) is 20.1. The third-order valence-corrected chi connectivity index (χ3v) is 5.84. The summed E-state index contributed by atoms with van der Waals surface area (Å²) >= 11 is 0. The van der Waals surface area contributed by atoms with Crippen molar-refractivity contribution in [2.45, 2.75) is 91.4 Å². The molecule has 0 fully saturated rings. The average molecular weight is 413 g/mol. The molecule has 0 heterocycles. The van der Waals surface area contributed by atoms with Gasteiger partial charge < -0.3 is 15.3 Å². The Hall–Kier alpha value is -2.00. The van der Waals surface area contributed by atoms with Gasteiger partial charge in [0.25, 0.3) is 0 Å². The minimum atomic E-state index is -0.189. The molecule has 3 N–H and O–H groups in total. The molecule has 2 aromatic rings. The van der Waals surface area contributed by atoms with E-state index in [0.717, 1.165) is 46.2 Å². The molecule has 0 atom stereocenters. The van der Waals surface area contributed by atoms with Gasteiger partial charge >= 0.3 is 0 Å². The quantitative estimate of drug-likeness (QED) is 0.468. The second-order valence-corrected chi connectivity index (χ2v) is 10.8.